The van der Waals surface area contributed by atoms with E-state index in [4.69, 9.17) is 9.26 Å². The fraction of sp³-hybridized carbons (Fsp3) is 0.667. The first-order valence-corrected chi connectivity index (χ1v) is 13.8. The Hall–Kier alpha value is -2.07. The number of benzene rings is 1. The van der Waals surface area contributed by atoms with Crippen molar-refractivity contribution in [2.45, 2.75) is 75.0 Å². The highest BCUT2D eigenvalue weighted by atomic mass is 32.2. The van der Waals surface area contributed by atoms with Gasteiger partial charge in [-0.1, -0.05) is 6.07 Å². The highest BCUT2D eigenvalue weighted by molar-refractivity contribution is 7.90. The number of hydrogen-bond acceptors (Lipinski definition) is 7. The van der Waals surface area contributed by atoms with Crippen molar-refractivity contribution in [3.63, 3.8) is 0 Å². The van der Waals surface area contributed by atoms with Gasteiger partial charge in [0.25, 0.3) is 11.8 Å². The summed E-state index contributed by atoms with van der Waals surface area (Å²) in [4.78, 5) is 6.22. The molecule has 0 bridgehead atoms. The van der Waals surface area contributed by atoms with E-state index in [1.54, 1.807) is 6.07 Å². The molecule has 1 aliphatic carbocycles. The Morgan fingerprint density at radius 1 is 1.15 bits per heavy atom. The second-order valence-electron chi connectivity index (χ2n) is 10.1. The summed E-state index contributed by atoms with van der Waals surface area (Å²) >= 11 is 0. The molecule has 34 heavy (non-hydrogen) atoms. The fourth-order valence-electron chi connectivity index (χ4n) is 4.77. The molecule has 4 rings (SSSR count). The van der Waals surface area contributed by atoms with E-state index in [2.05, 4.69) is 10.1 Å². The minimum absolute atomic E-state index is 0.00483. The van der Waals surface area contributed by atoms with Crippen molar-refractivity contribution >= 4 is 15.8 Å². The van der Waals surface area contributed by atoms with Crippen LogP contribution in [-0.2, 0) is 20.2 Å². The van der Waals surface area contributed by atoms with E-state index in [0.29, 0.717) is 24.0 Å². The Kier molecular flexibility index (Phi) is 7.28. The largest absolute Gasteiger partial charge is 0.378 e. The third-order valence-corrected chi connectivity index (χ3v) is 8.01. The Morgan fingerprint density at radius 2 is 1.82 bits per heavy atom. The SMILES string of the molecule is CC(C)(F)c1nc(N2CCC(CO[C@H]3CC[C@H](c4ccc(S(C)(=O)=O)cc4F)CC3)CC2)no1. The van der Waals surface area contributed by atoms with Gasteiger partial charge in [-0.25, -0.2) is 17.2 Å². The molecule has 0 unspecified atom stereocenters. The Balaban J connectivity index is 1.21. The van der Waals surface area contributed by atoms with E-state index >= 15 is 0 Å². The maximum Gasteiger partial charge on any atom is 0.266 e. The molecule has 2 fully saturated rings. The van der Waals surface area contributed by atoms with Gasteiger partial charge in [0.05, 0.1) is 11.0 Å². The van der Waals surface area contributed by atoms with Crippen LogP contribution in [-0.4, -0.2) is 50.6 Å². The standard InChI is InChI=1S/C24H33F2N3O4S/c1-24(2,26)22-27-23(28-33-22)29-12-10-16(11-13-29)15-32-18-6-4-17(5-7-18)20-9-8-19(14-21(20)25)34(3,30)31/h8-9,14,16-18H,4-7,10-13,15H2,1-3H3/t17-,18-. The molecule has 0 spiro atoms. The predicted octanol–water partition coefficient (Wildman–Crippen LogP) is 4.78. The molecule has 2 aliphatic rings. The second kappa shape index (κ2) is 9.89. The number of aromatic nitrogens is 2. The Labute approximate surface area is 199 Å². The number of anilines is 1. The van der Waals surface area contributed by atoms with Crippen LogP contribution < -0.4 is 4.90 Å². The smallest absolute Gasteiger partial charge is 0.266 e. The predicted molar refractivity (Wildman–Crippen MR) is 124 cm³/mol. The number of piperidine rings is 1. The van der Waals surface area contributed by atoms with Crippen LogP contribution in [0.4, 0.5) is 14.7 Å². The number of alkyl halides is 1. The van der Waals surface area contributed by atoms with Crippen LogP contribution in [0.5, 0.6) is 0 Å². The van der Waals surface area contributed by atoms with Gasteiger partial charge in [-0.2, -0.15) is 4.98 Å². The highest BCUT2D eigenvalue weighted by Crippen LogP contribution is 2.36. The van der Waals surface area contributed by atoms with Gasteiger partial charge in [0.1, 0.15) is 5.82 Å². The van der Waals surface area contributed by atoms with Crippen molar-refractivity contribution in [1.29, 1.82) is 0 Å². The molecular weight excluding hydrogens is 464 g/mol. The van der Waals surface area contributed by atoms with Gasteiger partial charge in [0.2, 0.25) is 0 Å². The molecule has 2 heterocycles. The van der Waals surface area contributed by atoms with Crippen LogP contribution in [0.15, 0.2) is 27.6 Å². The first-order valence-electron chi connectivity index (χ1n) is 11.9. The van der Waals surface area contributed by atoms with Gasteiger partial charge in [0.15, 0.2) is 15.5 Å². The molecule has 1 aromatic carbocycles. The zero-order valence-corrected chi connectivity index (χ0v) is 20.8. The van der Waals surface area contributed by atoms with Crippen molar-refractivity contribution in [2.24, 2.45) is 5.92 Å². The summed E-state index contributed by atoms with van der Waals surface area (Å²) in [6.45, 7) is 5.03. The summed E-state index contributed by atoms with van der Waals surface area (Å²) in [5, 5.41) is 3.92. The molecule has 0 N–H and O–H groups in total. The first-order chi connectivity index (χ1) is 16.0. The van der Waals surface area contributed by atoms with E-state index in [1.807, 2.05) is 4.90 Å². The lowest BCUT2D eigenvalue weighted by molar-refractivity contribution is 0.000388. The zero-order chi connectivity index (χ0) is 24.5. The molecule has 188 valence electrons. The molecule has 1 saturated carbocycles. The van der Waals surface area contributed by atoms with Gasteiger partial charge in [-0.05, 0) is 87.1 Å². The van der Waals surface area contributed by atoms with Crippen LogP contribution >= 0.6 is 0 Å². The maximum atomic E-state index is 14.5. The van der Waals surface area contributed by atoms with Gasteiger partial charge in [-0.3, -0.25) is 0 Å². The topological polar surface area (TPSA) is 85.5 Å². The number of rotatable bonds is 7. The summed E-state index contributed by atoms with van der Waals surface area (Å²) in [7, 11) is -3.41. The van der Waals surface area contributed by atoms with Gasteiger partial charge >= 0.3 is 0 Å². The zero-order valence-electron chi connectivity index (χ0n) is 20.0. The minimum atomic E-state index is -3.41. The maximum absolute atomic E-state index is 14.5. The summed E-state index contributed by atoms with van der Waals surface area (Å²) in [6.07, 6.45) is 6.50. The van der Waals surface area contributed by atoms with Gasteiger partial charge in [0, 0.05) is 26.0 Å². The highest BCUT2D eigenvalue weighted by Gasteiger charge is 2.30. The van der Waals surface area contributed by atoms with E-state index in [1.165, 1.54) is 19.9 Å². The molecule has 0 amide bonds. The Bertz CT molecular complexity index is 1080. The van der Waals surface area contributed by atoms with Crippen LogP contribution in [0.2, 0.25) is 0 Å². The van der Waals surface area contributed by atoms with Crippen molar-refractivity contribution in [3.05, 3.63) is 35.5 Å². The second-order valence-corrected chi connectivity index (χ2v) is 12.1. The van der Waals surface area contributed by atoms with Crippen molar-refractivity contribution < 1.29 is 26.5 Å². The molecule has 1 aliphatic heterocycles. The molecule has 1 aromatic heterocycles. The molecule has 0 atom stereocenters. The van der Waals surface area contributed by atoms with Crippen molar-refractivity contribution in [3.8, 4) is 0 Å². The summed E-state index contributed by atoms with van der Waals surface area (Å²) in [5.74, 6) is 0.526. The third-order valence-electron chi connectivity index (χ3n) is 6.90. The number of hydrogen-bond donors (Lipinski definition) is 0. The number of ether oxygens (including phenoxy) is 1. The van der Waals surface area contributed by atoms with Crippen LogP contribution in [0, 0.1) is 11.7 Å². The lowest BCUT2D eigenvalue weighted by atomic mass is 9.82. The average Bonchev–Trinajstić information content (AvgIpc) is 3.29. The molecular formula is C24H33F2N3O4S. The molecule has 2 aromatic rings. The lowest BCUT2D eigenvalue weighted by Crippen LogP contribution is -2.36. The number of halogens is 2. The van der Waals surface area contributed by atoms with Crippen LogP contribution in [0.3, 0.4) is 0 Å². The first kappa shape index (κ1) is 25.0. The van der Waals surface area contributed by atoms with Crippen molar-refractivity contribution in [1.82, 2.24) is 10.1 Å². The molecule has 7 nitrogen and oxygen atoms in total. The summed E-state index contributed by atoms with van der Waals surface area (Å²) in [5.41, 5.74) is -1.05. The van der Waals surface area contributed by atoms with Crippen LogP contribution in [0.1, 0.15) is 69.7 Å². The lowest BCUT2D eigenvalue weighted by Gasteiger charge is -2.33. The van der Waals surface area contributed by atoms with Crippen LogP contribution in [0.25, 0.3) is 0 Å². The Morgan fingerprint density at radius 3 is 2.38 bits per heavy atom. The summed E-state index contributed by atoms with van der Waals surface area (Å²) in [6, 6.07) is 4.25. The van der Waals surface area contributed by atoms with E-state index in [9.17, 15) is 17.2 Å². The molecule has 0 radical (unpaired) electrons. The van der Waals surface area contributed by atoms with Gasteiger partial charge < -0.3 is 14.2 Å². The normalized spacial score (nSPS) is 22.8. The van der Waals surface area contributed by atoms with Crippen molar-refractivity contribution in [2.75, 3.05) is 30.9 Å². The quantitative estimate of drug-likeness (QED) is 0.544. The van der Waals surface area contributed by atoms with Gasteiger partial charge in [-0.15, -0.1) is 0 Å². The third kappa shape index (κ3) is 5.94. The van der Waals surface area contributed by atoms with E-state index in [-0.39, 0.29) is 22.8 Å². The van der Waals surface area contributed by atoms with E-state index in [0.717, 1.165) is 63.9 Å². The van der Waals surface area contributed by atoms with E-state index < -0.39 is 21.3 Å². The average molecular weight is 498 g/mol. The molecule has 1 saturated heterocycles. The number of nitrogens with zero attached hydrogens (tertiary/aromatic N) is 3. The number of sulfone groups is 1. The monoisotopic (exact) mass is 497 g/mol. The fourth-order valence-corrected chi connectivity index (χ4v) is 5.40. The summed E-state index contributed by atoms with van der Waals surface area (Å²) < 4.78 is 63.0. The molecule has 10 heteroatoms. The minimum Gasteiger partial charge on any atom is -0.378 e.